The molecule has 0 spiro atoms. The Morgan fingerprint density at radius 2 is 1.83 bits per heavy atom. The summed E-state index contributed by atoms with van der Waals surface area (Å²) in [7, 11) is -2.53. The molecule has 0 radical (unpaired) electrons. The van der Waals surface area contributed by atoms with Crippen LogP contribution in [0.25, 0.3) is 6.08 Å². The largest absolute Gasteiger partial charge is 0.497 e. The van der Waals surface area contributed by atoms with E-state index >= 15 is 0 Å². The number of hydrogen-bond acceptors (Lipinski definition) is 4. The Bertz CT molecular complexity index is 917. The zero-order chi connectivity index (χ0) is 17.7. The van der Waals surface area contributed by atoms with Crippen LogP contribution in [-0.4, -0.2) is 15.5 Å². The maximum atomic E-state index is 12.3. The molecular weight excluding hydrogens is 371 g/mol. The molecule has 0 unspecified atom stereocenters. The molecule has 0 saturated carbocycles. The van der Waals surface area contributed by atoms with E-state index in [2.05, 4.69) is 4.72 Å². The Balaban J connectivity index is 2.31. The van der Waals surface area contributed by atoms with Crippen molar-refractivity contribution in [1.82, 2.24) is 0 Å². The van der Waals surface area contributed by atoms with Crippen molar-refractivity contribution < 1.29 is 13.2 Å². The van der Waals surface area contributed by atoms with Gasteiger partial charge in [0.15, 0.2) is 4.91 Å². The molecule has 0 aliphatic rings. The van der Waals surface area contributed by atoms with Gasteiger partial charge >= 0.3 is 0 Å². The number of nitriles is 1. The van der Waals surface area contributed by atoms with Crippen molar-refractivity contribution in [2.75, 3.05) is 11.8 Å². The molecular formula is C16H12Cl2N2O3S. The Labute approximate surface area is 150 Å². The van der Waals surface area contributed by atoms with Gasteiger partial charge in [0.1, 0.15) is 11.8 Å². The average molecular weight is 383 g/mol. The molecule has 124 valence electrons. The summed E-state index contributed by atoms with van der Waals surface area (Å²) in [6, 6.07) is 12.5. The molecule has 2 aromatic carbocycles. The van der Waals surface area contributed by atoms with Crippen LogP contribution in [0.4, 0.5) is 5.69 Å². The Kier molecular flexibility index (Phi) is 5.73. The van der Waals surface area contributed by atoms with E-state index in [1.165, 1.54) is 37.5 Å². The molecule has 0 bridgehead atoms. The summed E-state index contributed by atoms with van der Waals surface area (Å²) in [5, 5.41) is 9.80. The van der Waals surface area contributed by atoms with Crippen LogP contribution in [0.3, 0.4) is 0 Å². The number of methoxy groups -OCH3 is 1. The molecule has 8 heteroatoms. The maximum Gasteiger partial charge on any atom is 0.272 e. The Morgan fingerprint density at radius 3 is 2.38 bits per heavy atom. The summed E-state index contributed by atoms with van der Waals surface area (Å²) in [4.78, 5) is -0.447. The fraction of sp³-hybridized carbons (Fsp3) is 0.0625. The number of rotatable bonds is 5. The van der Waals surface area contributed by atoms with E-state index in [9.17, 15) is 13.7 Å². The van der Waals surface area contributed by atoms with Crippen LogP contribution in [0.5, 0.6) is 5.75 Å². The van der Waals surface area contributed by atoms with Crippen molar-refractivity contribution in [3.05, 3.63) is 63.0 Å². The van der Waals surface area contributed by atoms with Gasteiger partial charge in [-0.3, -0.25) is 4.72 Å². The number of anilines is 1. The molecule has 2 rings (SSSR count). The molecule has 0 aliphatic heterocycles. The van der Waals surface area contributed by atoms with E-state index in [1.54, 1.807) is 24.3 Å². The number of hydrogen-bond donors (Lipinski definition) is 1. The normalized spacial score (nSPS) is 11.7. The lowest BCUT2D eigenvalue weighted by molar-refractivity contribution is 0.415. The van der Waals surface area contributed by atoms with Crippen LogP contribution in [-0.2, 0) is 10.0 Å². The third-order valence-electron chi connectivity index (χ3n) is 2.98. The molecule has 0 aliphatic carbocycles. The zero-order valence-corrected chi connectivity index (χ0v) is 14.8. The summed E-state index contributed by atoms with van der Waals surface area (Å²) in [6.07, 6.45) is 1.22. The summed E-state index contributed by atoms with van der Waals surface area (Å²) in [6.45, 7) is 0. The van der Waals surface area contributed by atoms with Gasteiger partial charge in [0, 0.05) is 5.69 Å². The number of nitrogens with one attached hydrogen (secondary N) is 1. The van der Waals surface area contributed by atoms with Crippen molar-refractivity contribution in [3.8, 4) is 11.8 Å². The van der Waals surface area contributed by atoms with E-state index in [4.69, 9.17) is 27.9 Å². The summed E-state index contributed by atoms with van der Waals surface area (Å²) >= 11 is 11.7. The van der Waals surface area contributed by atoms with Crippen LogP contribution in [0.2, 0.25) is 10.0 Å². The Hall–Kier alpha value is -2.20. The smallest absolute Gasteiger partial charge is 0.272 e. The van der Waals surface area contributed by atoms with Crippen LogP contribution < -0.4 is 9.46 Å². The molecule has 0 aromatic heterocycles. The number of ether oxygens (including phenoxy) is 1. The van der Waals surface area contributed by atoms with Crippen molar-refractivity contribution in [1.29, 1.82) is 5.26 Å². The standard InChI is InChI=1S/C16H12Cl2N2O3S/c1-23-13-5-3-12(4-6-13)20-24(21,22)14(10-19)8-11-2-7-15(17)16(18)9-11/h2-9,20H,1H3/b14-8-. The molecule has 2 aromatic rings. The highest BCUT2D eigenvalue weighted by atomic mass is 35.5. The summed E-state index contributed by atoms with van der Waals surface area (Å²) in [5.41, 5.74) is 0.757. The highest BCUT2D eigenvalue weighted by Crippen LogP contribution is 2.25. The molecule has 0 fully saturated rings. The highest BCUT2D eigenvalue weighted by Gasteiger charge is 2.18. The minimum atomic E-state index is -4.03. The monoisotopic (exact) mass is 382 g/mol. The van der Waals surface area contributed by atoms with Gasteiger partial charge in [-0.05, 0) is 48.0 Å². The van der Waals surface area contributed by atoms with Gasteiger partial charge in [-0.25, -0.2) is 8.42 Å². The molecule has 24 heavy (non-hydrogen) atoms. The minimum absolute atomic E-state index is 0.267. The number of allylic oxidation sites excluding steroid dienone is 1. The fourth-order valence-corrected chi connectivity index (χ4v) is 3.07. The van der Waals surface area contributed by atoms with Crippen LogP contribution >= 0.6 is 23.2 Å². The molecule has 0 heterocycles. The van der Waals surface area contributed by atoms with Gasteiger partial charge in [-0.1, -0.05) is 29.3 Å². The van der Waals surface area contributed by atoms with E-state index in [1.807, 2.05) is 0 Å². The second-order valence-corrected chi connectivity index (χ2v) is 7.09. The van der Waals surface area contributed by atoms with Crippen LogP contribution in [0.1, 0.15) is 5.56 Å². The lowest BCUT2D eigenvalue weighted by Crippen LogP contribution is -2.14. The molecule has 5 nitrogen and oxygen atoms in total. The number of halogens is 2. The summed E-state index contributed by atoms with van der Waals surface area (Å²) in [5.74, 6) is 0.588. The number of benzene rings is 2. The highest BCUT2D eigenvalue weighted by molar-refractivity contribution is 7.96. The average Bonchev–Trinajstić information content (AvgIpc) is 2.56. The van der Waals surface area contributed by atoms with E-state index in [-0.39, 0.29) is 5.02 Å². The first-order valence-electron chi connectivity index (χ1n) is 6.59. The van der Waals surface area contributed by atoms with Gasteiger partial charge in [-0.15, -0.1) is 0 Å². The lowest BCUT2D eigenvalue weighted by atomic mass is 10.2. The van der Waals surface area contributed by atoms with Gasteiger partial charge < -0.3 is 4.74 Å². The topological polar surface area (TPSA) is 79.2 Å². The first-order chi connectivity index (χ1) is 11.4. The van der Waals surface area contributed by atoms with Crippen molar-refractivity contribution in [3.63, 3.8) is 0 Å². The van der Waals surface area contributed by atoms with Gasteiger partial charge in [0.25, 0.3) is 10.0 Å². The van der Waals surface area contributed by atoms with Gasteiger partial charge in [0.05, 0.1) is 17.2 Å². The second-order valence-electron chi connectivity index (χ2n) is 4.63. The number of nitrogens with zero attached hydrogens (tertiary/aromatic N) is 1. The van der Waals surface area contributed by atoms with E-state index in [0.717, 1.165) is 0 Å². The van der Waals surface area contributed by atoms with Crippen molar-refractivity contribution in [2.24, 2.45) is 0 Å². The molecule has 0 atom stereocenters. The van der Waals surface area contributed by atoms with Crippen molar-refractivity contribution >= 4 is 45.0 Å². The minimum Gasteiger partial charge on any atom is -0.497 e. The zero-order valence-electron chi connectivity index (χ0n) is 12.5. The fourth-order valence-electron chi connectivity index (χ4n) is 1.79. The molecule has 0 amide bonds. The molecule has 1 N–H and O–H groups in total. The van der Waals surface area contributed by atoms with Crippen molar-refractivity contribution in [2.45, 2.75) is 0 Å². The van der Waals surface area contributed by atoms with Gasteiger partial charge in [0.2, 0.25) is 0 Å². The van der Waals surface area contributed by atoms with Crippen LogP contribution in [0, 0.1) is 11.3 Å². The third-order valence-corrected chi connectivity index (χ3v) is 5.01. The summed E-state index contributed by atoms with van der Waals surface area (Å²) < 4.78 is 32.0. The maximum absolute atomic E-state index is 12.3. The Morgan fingerprint density at radius 1 is 1.17 bits per heavy atom. The third kappa shape index (κ3) is 4.42. The van der Waals surface area contributed by atoms with E-state index < -0.39 is 14.9 Å². The predicted octanol–water partition coefficient (Wildman–Crippen LogP) is 4.31. The van der Waals surface area contributed by atoms with Gasteiger partial charge in [-0.2, -0.15) is 5.26 Å². The molecule has 0 saturated heterocycles. The lowest BCUT2D eigenvalue weighted by Gasteiger charge is -2.08. The SMILES string of the molecule is COc1ccc(NS(=O)(=O)/C(C#N)=C\c2ccc(Cl)c(Cl)c2)cc1. The van der Waals surface area contributed by atoms with E-state index in [0.29, 0.717) is 22.0 Å². The first-order valence-corrected chi connectivity index (χ1v) is 8.83. The predicted molar refractivity (Wildman–Crippen MR) is 95.6 cm³/mol. The second kappa shape index (κ2) is 7.58. The number of sulfonamides is 1. The first kappa shape index (κ1) is 18.1. The quantitative estimate of drug-likeness (QED) is 0.781. The van der Waals surface area contributed by atoms with Crippen LogP contribution in [0.15, 0.2) is 47.4 Å².